The number of hydrogen-bond donors (Lipinski definition) is 0. The Labute approximate surface area is 164 Å². The summed E-state index contributed by atoms with van der Waals surface area (Å²) in [5, 5.41) is 0. The molecule has 7 heteroatoms. The van der Waals surface area contributed by atoms with E-state index < -0.39 is 0 Å². The van der Waals surface area contributed by atoms with E-state index in [-0.39, 0.29) is 24.4 Å². The number of rotatable bonds is 1. The highest BCUT2D eigenvalue weighted by Gasteiger charge is 2.52. The molecule has 0 aromatic rings. The minimum Gasteiger partial charge on any atom is -0.400 e. The van der Waals surface area contributed by atoms with Gasteiger partial charge in [-0.25, -0.2) is 4.79 Å². The number of carbonyl (C=O) groups is 1. The molecule has 0 saturated carbocycles. The molecule has 27 heavy (non-hydrogen) atoms. The van der Waals surface area contributed by atoms with Gasteiger partial charge in [0, 0.05) is 32.2 Å². The van der Waals surface area contributed by atoms with Gasteiger partial charge >= 0.3 is 13.1 Å². The first kappa shape index (κ1) is 19.3. The molecular weight excluding hydrogens is 341 g/mol. The van der Waals surface area contributed by atoms with Gasteiger partial charge < -0.3 is 24.0 Å². The van der Waals surface area contributed by atoms with Crippen LogP contribution in [0, 0.1) is 5.92 Å². The number of urea groups is 1. The van der Waals surface area contributed by atoms with Crippen LogP contribution in [-0.4, -0.2) is 84.9 Å². The monoisotopic (exact) mass is 375 g/mol. The molecule has 3 saturated heterocycles. The van der Waals surface area contributed by atoms with Gasteiger partial charge in [-0.15, -0.1) is 0 Å². The molecule has 4 aliphatic rings. The molecule has 0 N–H and O–H groups in total. The van der Waals surface area contributed by atoms with Crippen LogP contribution in [0.1, 0.15) is 47.0 Å². The third kappa shape index (κ3) is 3.43. The zero-order valence-electron chi connectivity index (χ0n) is 17.5. The molecule has 2 amide bonds. The fourth-order valence-electron chi connectivity index (χ4n) is 4.79. The van der Waals surface area contributed by atoms with Crippen LogP contribution in [-0.2, 0) is 9.31 Å². The highest BCUT2D eigenvalue weighted by molar-refractivity contribution is 6.54. The van der Waals surface area contributed by atoms with Crippen molar-refractivity contribution in [3.8, 4) is 0 Å². The molecule has 0 spiro atoms. The van der Waals surface area contributed by atoms with Crippen LogP contribution in [0.4, 0.5) is 4.79 Å². The first-order valence-corrected chi connectivity index (χ1v) is 10.5. The maximum atomic E-state index is 13.0. The number of amides is 2. The van der Waals surface area contributed by atoms with Crippen LogP contribution < -0.4 is 0 Å². The van der Waals surface area contributed by atoms with Crippen LogP contribution in [0.2, 0.25) is 0 Å². The first-order chi connectivity index (χ1) is 12.7. The Bertz CT molecular complexity index is 620. The van der Waals surface area contributed by atoms with Crippen molar-refractivity contribution in [3.05, 3.63) is 11.5 Å². The van der Waals surface area contributed by atoms with Crippen molar-refractivity contribution in [1.82, 2.24) is 14.7 Å². The van der Waals surface area contributed by atoms with E-state index in [2.05, 4.69) is 50.6 Å². The Kier molecular flexibility index (Phi) is 4.84. The van der Waals surface area contributed by atoms with E-state index in [1.807, 2.05) is 4.90 Å². The van der Waals surface area contributed by atoms with Gasteiger partial charge in [0.2, 0.25) is 0 Å². The van der Waals surface area contributed by atoms with E-state index >= 15 is 0 Å². The molecule has 0 aromatic heterocycles. The molecule has 0 aromatic carbocycles. The van der Waals surface area contributed by atoms with Crippen molar-refractivity contribution in [3.63, 3.8) is 0 Å². The van der Waals surface area contributed by atoms with E-state index in [1.165, 1.54) is 18.4 Å². The van der Waals surface area contributed by atoms with Gasteiger partial charge in [-0.3, -0.25) is 0 Å². The largest absolute Gasteiger partial charge is 0.490 e. The first-order valence-electron chi connectivity index (χ1n) is 10.5. The number of piperidine rings is 1. The fourth-order valence-corrected chi connectivity index (χ4v) is 4.79. The lowest BCUT2D eigenvalue weighted by atomic mass is 9.75. The van der Waals surface area contributed by atoms with Crippen LogP contribution >= 0.6 is 0 Å². The van der Waals surface area contributed by atoms with Gasteiger partial charge in [0.1, 0.15) is 0 Å². The topological polar surface area (TPSA) is 45.2 Å². The molecule has 6 nitrogen and oxygen atoms in total. The summed E-state index contributed by atoms with van der Waals surface area (Å²) in [5.74, 6) is 0.773. The van der Waals surface area contributed by atoms with Crippen LogP contribution in [0.25, 0.3) is 0 Å². The highest BCUT2D eigenvalue weighted by atomic mass is 16.7. The minimum absolute atomic E-state index is 0.193. The number of fused-ring (bicyclic) bond motifs is 1. The van der Waals surface area contributed by atoms with Crippen molar-refractivity contribution in [1.29, 1.82) is 0 Å². The minimum atomic E-state index is -0.316. The van der Waals surface area contributed by atoms with Crippen LogP contribution in [0.15, 0.2) is 11.5 Å². The predicted octanol–water partition coefficient (Wildman–Crippen LogP) is 2.40. The second kappa shape index (κ2) is 6.78. The standard InChI is InChI=1S/C20H34BN3O3/c1-19(2)20(3,4)27-21(26-19)16-8-12-23(13-9-16)18(25)24-11-7-15-6-10-22(5)17(15)14-24/h8,15,17H,6-7,9-14H2,1-5H3. The van der Waals surface area contributed by atoms with Gasteiger partial charge in [0.05, 0.1) is 11.2 Å². The quantitative estimate of drug-likeness (QED) is 0.661. The Morgan fingerprint density at radius 2 is 1.74 bits per heavy atom. The molecule has 150 valence electrons. The van der Waals surface area contributed by atoms with Gasteiger partial charge in [-0.2, -0.15) is 0 Å². The normalized spacial score (nSPS) is 33.2. The molecule has 4 aliphatic heterocycles. The van der Waals surface area contributed by atoms with E-state index in [9.17, 15) is 4.79 Å². The van der Waals surface area contributed by atoms with Crippen molar-refractivity contribution >= 4 is 13.1 Å². The Balaban J connectivity index is 1.35. The lowest BCUT2D eigenvalue weighted by Gasteiger charge is -2.40. The number of likely N-dealkylation sites (N-methyl/N-ethyl adjacent to an activating group) is 1. The second-order valence-corrected chi connectivity index (χ2v) is 9.68. The summed E-state index contributed by atoms with van der Waals surface area (Å²) >= 11 is 0. The molecule has 2 unspecified atom stereocenters. The third-order valence-corrected chi connectivity index (χ3v) is 7.48. The average Bonchev–Trinajstić information content (AvgIpc) is 3.10. The molecular formula is C20H34BN3O3. The zero-order chi connectivity index (χ0) is 19.4. The molecule has 3 fully saturated rings. The third-order valence-electron chi connectivity index (χ3n) is 7.48. The van der Waals surface area contributed by atoms with Crippen molar-refractivity contribution in [2.75, 3.05) is 39.8 Å². The van der Waals surface area contributed by atoms with Crippen molar-refractivity contribution in [2.24, 2.45) is 5.92 Å². The molecule has 2 atom stereocenters. The fraction of sp³-hybridized carbons (Fsp3) is 0.850. The summed E-state index contributed by atoms with van der Waals surface area (Å²) in [6.07, 6.45) is 5.39. The van der Waals surface area contributed by atoms with Gasteiger partial charge in [-0.05, 0) is 71.9 Å². The molecule has 4 rings (SSSR count). The van der Waals surface area contributed by atoms with Crippen molar-refractivity contribution in [2.45, 2.75) is 64.2 Å². The van der Waals surface area contributed by atoms with Gasteiger partial charge in [-0.1, -0.05) is 6.08 Å². The van der Waals surface area contributed by atoms with E-state index in [0.29, 0.717) is 12.6 Å². The number of likely N-dealkylation sites (tertiary alicyclic amines) is 2. The summed E-state index contributed by atoms with van der Waals surface area (Å²) < 4.78 is 12.3. The number of hydrogen-bond acceptors (Lipinski definition) is 4. The average molecular weight is 375 g/mol. The van der Waals surface area contributed by atoms with E-state index in [1.54, 1.807) is 0 Å². The lowest BCUT2D eigenvalue weighted by Crippen LogP contribution is -2.53. The van der Waals surface area contributed by atoms with Crippen LogP contribution in [0.3, 0.4) is 0 Å². The van der Waals surface area contributed by atoms with Crippen molar-refractivity contribution < 1.29 is 14.1 Å². The Hall–Kier alpha value is -1.05. The second-order valence-electron chi connectivity index (χ2n) is 9.68. The molecule has 0 radical (unpaired) electrons. The van der Waals surface area contributed by atoms with E-state index in [0.717, 1.165) is 38.4 Å². The predicted molar refractivity (Wildman–Crippen MR) is 106 cm³/mol. The summed E-state index contributed by atoms with van der Waals surface area (Å²) in [4.78, 5) is 19.5. The summed E-state index contributed by atoms with van der Waals surface area (Å²) in [7, 11) is 1.91. The molecule has 0 bridgehead atoms. The van der Waals surface area contributed by atoms with E-state index in [4.69, 9.17) is 9.31 Å². The summed E-state index contributed by atoms with van der Waals surface area (Å²) in [6, 6.07) is 0.737. The smallest absolute Gasteiger partial charge is 0.400 e. The SMILES string of the molecule is CN1CCC2CCN(C(=O)N3CC=C(B4OC(C)(C)C(C)(C)O4)CC3)CC21. The number of nitrogens with zero attached hydrogens (tertiary/aromatic N) is 3. The molecule has 0 aliphatic carbocycles. The highest BCUT2D eigenvalue weighted by Crippen LogP contribution is 2.39. The zero-order valence-corrected chi connectivity index (χ0v) is 17.5. The maximum absolute atomic E-state index is 13.0. The van der Waals surface area contributed by atoms with Gasteiger partial charge in [0.25, 0.3) is 0 Å². The Morgan fingerprint density at radius 3 is 2.37 bits per heavy atom. The van der Waals surface area contributed by atoms with Gasteiger partial charge in [0.15, 0.2) is 0 Å². The Morgan fingerprint density at radius 1 is 1.07 bits per heavy atom. The van der Waals surface area contributed by atoms with Crippen LogP contribution in [0.5, 0.6) is 0 Å². The lowest BCUT2D eigenvalue weighted by molar-refractivity contribution is 0.00578. The number of carbonyl (C=O) groups excluding carboxylic acids is 1. The summed E-state index contributed by atoms with van der Waals surface area (Å²) in [6.45, 7) is 12.7. The summed E-state index contributed by atoms with van der Waals surface area (Å²) in [5.41, 5.74) is 0.540. The maximum Gasteiger partial charge on any atom is 0.490 e. The molecule has 4 heterocycles.